The molecule has 2 atom stereocenters. The molecule has 1 aliphatic carbocycles. The molecule has 11 nitrogen and oxygen atoms in total. The first-order valence-electron chi connectivity index (χ1n) is 10.2. The quantitative estimate of drug-likeness (QED) is 0.451. The fourth-order valence-corrected chi connectivity index (χ4v) is 5.04. The Bertz CT molecular complexity index is 1200. The Hall–Kier alpha value is -2.67. The van der Waals surface area contributed by atoms with Gasteiger partial charge < -0.3 is 9.47 Å². The highest BCUT2D eigenvalue weighted by molar-refractivity contribution is 7.93. The van der Waals surface area contributed by atoms with Crippen LogP contribution in [0.2, 0.25) is 5.02 Å². The lowest BCUT2D eigenvalue weighted by atomic mass is 10.1. The fourth-order valence-electron chi connectivity index (χ4n) is 3.81. The van der Waals surface area contributed by atoms with Crippen LogP contribution in [0.1, 0.15) is 43.1 Å². The van der Waals surface area contributed by atoms with Crippen LogP contribution in [0, 0.1) is 0 Å². The predicted molar refractivity (Wildman–Crippen MR) is 120 cm³/mol. The molecule has 3 aromatic heterocycles. The van der Waals surface area contributed by atoms with Gasteiger partial charge in [-0.2, -0.15) is 0 Å². The van der Waals surface area contributed by atoms with Crippen LogP contribution in [-0.4, -0.2) is 57.6 Å². The zero-order chi connectivity index (χ0) is 23.6. The van der Waals surface area contributed by atoms with Gasteiger partial charge in [0.1, 0.15) is 18.0 Å². The number of pyridine rings is 1. The Morgan fingerprint density at radius 1 is 1.21 bits per heavy atom. The van der Waals surface area contributed by atoms with Crippen molar-refractivity contribution in [2.24, 2.45) is 0 Å². The van der Waals surface area contributed by atoms with Gasteiger partial charge in [0.25, 0.3) is 0 Å². The Morgan fingerprint density at radius 3 is 2.52 bits per heavy atom. The van der Waals surface area contributed by atoms with E-state index in [0.717, 1.165) is 18.4 Å². The van der Waals surface area contributed by atoms with E-state index in [9.17, 15) is 8.42 Å². The predicted octanol–water partition coefficient (Wildman–Crippen LogP) is 2.32. The summed E-state index contributed by atoms with van der Waals surface area (Å²) in [6, 6.07) is 3.80. The second kappa shape index (κ2) is 9.29. The SMILES string of the molecule is COCc1nnc(NS(=O)(=O)C(C)C(OC)c2ncc(Cl)cn2)n1C1(c2cccnc2)CC1. The molecule has 2 unspecified atom stereocenters. The van der Waals surface area contributed by atoms with Gasteiger partial charge in [0.2, 0.25) is 16.0 Å². The lowest BCUT2D eigenvalue weighted by Crippen LogP contribution is -2.34. The van der Waals surface area contributed by atoms with Crippen LogP contribution in [0.4, 0.5) is 5.95 Å². The van der Waals surface area contributed by atoms with E-state index in [1.165, 1.54) is 26.4 Å². The highest BCUT2D eigenvalue weighted by atomic mass is 35.5. The van der Waals surface area contributed by atoms with Crippen molar-refractivity contribution in [3.05, 3.63) is 59.2 Å². The van der Waals surface area contributed by atoms with E-state index >= 15 is 0 Å². The second-order valence-electron chi connectivity index (χ2n) is 7.75. The number of hydrogen-bond acceptors (Lipinski definition) is 9. The lowest BCUT2D eigenvalue weighted by Gasteiger charge is -2.24. The third kappa shape index (κ3) is 4.56. The Morgan fingerprint density at radius 2 is 1.94 bits per heavy atom. The third-order valence-electron chi connectivity index (χ3n) is 5.65. The Balaban J connectivity index is 1.68. The summed E-state index contributed by atoms with van der Waals surface area (Å²) >= 11 is 5.85. The molecule has 0 amide bonds. The molecule has 1 saturated carbocycles. The van der Waals surface area contributed by atoms with Crippen molar-refractivity contribution in [2.75, 3.05) is 18.9 Å². The van der Waals surface area contributed by atoms with Crippen LogP contribution in [0.15, 0.2) is 36.9 Å². The van der Waals surface area contributed by atoms with Gasteiger partial charge in [-0.25, -0.2) is 18.4 Å². The molecule has 33 heavy (non-hydrogen) atoms. The minimum atomic E-state index is -3.99. The van der Waals surface area contributed by atoms with Gasteiger partial charge in [-0.05, 0) is 31.4 Å². The molecule has 3 aromatic rings. The fraction of sp³-hybridized carbons (Fsp3) is 0.450. The first kappa shape index (κ1) is 23.5. The molecule has 4 rings (SSSR count). The van der Waals surface area contributed by atoms with Crippen LogP contribution in [0.5, 0.6) is 0 Å². The van der Waals surface area contributed by atoms with Crippen LogP contribution < -0.4 is 4.72 Å². The van der Waals surface area contributed by atoms with E-state index in [0.29, 0.717) is 10.8 Å². The minimum absolute atomic E-state index is 0.0992. The molecule has 0 bridgehead atoms. The van der Waals surface area contributed by atoms with Gasteiger partial charge in [-0.1, -0.05) is 17.7 Å². The van der Waals surface area contributed by atoms with Crippen molar-refractivity contribution in [1.82, 2.24) is 29.7 Å². The number of rotatable bonds is 10. The summed E-state index contributed by atoms with van der Waals surface area (Å²) in [6.45, 7) is 1.69. The molecule has 0 radical (unpaired) electrons. The van der Waals surface area contributed by atoms with Gasteiger partial charge in [0.15, 0.2) is 11.6 Å². The number of anilines is 1. The molecule has 0 aromatic carbocycles. The van der Waals surface area contributed by atoms with Gasteiger partial charge in [-0.3, -0.25) is 14.3 Å². The maximum atomic E-state index is 13.3. The molecular weight excluding hydrogens is 470 g/mol. The average molecular weight is 494 g/mol. The topological polar surface area (TPSA) is 134 Å². The molecule has 1 fully saturated rings. The molecule has 3 heterocycles. The summed E-state index contributed by atoms with van der Waals surface area (Å²) < 4.78 is 41.8. The summed E-state index contributed by atoms with van der Waals surface area (Å²) in [7, 11) is -1.05. The normalized spacial score (nSPS) is 16.8. The summed E-state index contributed by atoms with van der Waals surface area (Å²) in [4.78, 5) is 12.4. The van der Waals surface area contributed by atoms with Gasteiger partial charge in [0.05, 0.1) is 10.6 Å². The van der Waals surface area contributed by atoms with Crippen LogP contribution >= 0.6 is 11.6 Å². The van der Waals surface area contributed by atoms with Gasteiger partial charge >= 0.3 is 0 Å². The maximum absolute atomic E-state index is 13.3. The van der Waals surface area contributed by atoms with E-state index in [1.54, 1.807) is 24.1 Å². The molecular formula is C20H24ClN7O4S. The smallest absolute Gasteiger partial charge is 0.240 e. The number of halogens is 1. The maximum Gasteiger partial charge on any atom is 0.240 e. The van der Waals surface area contributed by atoms with Crippen molar-refractivity contribution in [3.63, 3.8) is 0 Å². The largest absolute Gasteiger partial charge is 0.377 e. The van der Waals surface area contributed by atoms with E-state index in [1.807, 2.05) is 12.1 Å². The molecule has 1 N–H and O–H groups in total. The lowest BCUT2D eigenvalue weighted by molar-refractivity contribution is 0.0950. The Kier molecular flexibility index (Phi) is 6.61. The van der Waals surface area contributed by atoms with Crippen molar-refractivity contribution in [2.45, 2.75) is 43.3 Å². The number of hydrogen-bond donors (Lipinski definition) is 1. The number of methoxy groups -OCH3 is 2. The standard InChI is InChI=1S/C20H24ClN7O4S/c1-13(17(32-3)18-23-10-15(21)11-24-18)33(29,30)27-19-26-25-16(12-31-2)28(19)20(6-7-20)14-5-4-8-22-9-14/h4-5,8-11,13,17H,6-7,12H2,1-3H3,(H,26,27). The zero-order valence-electron chi connectivity index (χ0n) is 18.3. The minimum Gasteiger partial charge on any atom is -0.377 e. The number of nitrogens with one attached hydrogen (secondary N) is 1. The van der Waals surface area contributed by atoms with Gasteiger partial charge in [0, 0.05) is 39.0 Å². The van der Waals surface area contributed by atoms with Crippen LogP contribution in [0.25, 0.3) is 0 Å². The number of sulfonamides is 1. The van der Waals surface area contributed by atoms with E-state index in [2.05, 4.69) is 29.9 Å². The summed E-state index contributed by atoms with van der Waals surface area (Å²) in [6.07, 6.45) is 6.89. The molecule has 1 aliphatic rings. The monoisotopic (exact) mass is 493 g/mol. The Labute approximate surface area is 196 Å². The third-order valence-corrected chi connectivity index (χ3v) is 7.54. The van der Waals surface area contributed by atoms with Crippen molar-refractivity contribution in [3.8, 4) is 0 Å². The highest BCUT2D eigenvalue weighted by Crippen LogP contribution is 2.51. The second-order valence-corrected chi connectivity index (χ2v) is 10.2. The van der Waals surface area contributed by atoms with Crippen LogP contribution in [0.3, 0.4) is 0 Å². The summed E-state index contributed by atoms with van der Waals surface area (Å²) in [5, 5.41) is 7.61. The molecule has 13 heteroatoms. The van der Waals surface area contributed by atoms with E-state index < -0.39 is 26.9 Å². The van der Waals surface area contributed by atoms with Crippen LogP contribution in [-0.2, 0) is 31.6 Å². The summed E-state index contributed by atoms with van der Waals surface area (Å²) in [5.41, 5.74) is 0.451. The van der Waals surface area contributed by atoms with Crippen molar-refractivity contribution in [1.29, 1.82) is 0 Å². The zero-order valence-corrected chi connectivity index (χ0v) is 19.9. The number of ether oxygens (including phenoxy) is 2. The van der Waals surface area contributed by atoms with Crippen molar-refractivity contribution < 1.29 is 17.9 Å². The van der Waals surface area contributed by atoms with Gasteiger partial charge in [-0.15, -0.1) is 10.2 Å². The van der Waals surface area contributed by atoms with E-state index in [-0.39, 0.29) is 18.4 Å². The molecule has 0 aliphatic heterocycles. The first-order valence-corrected chi connectivity index (χ1v) is 12.1. The molecule has 176 valence electrons. The first-order chi connectivity index (χ1) is 15.8. The van der Waals surface area contributed by atoms with E-state index in [4.69, 9.17) is 21.1 Å². The number of nitrogens with zero attached hydrogens (tertiary/aromatic N) is 6. The highest BCUT2D eigenvalue weighted by Gasteiger charge is 2.50. The number of aromatic nitrogens is 6. The molecule has 0 spiro atoms. The summed E-state index contributed by atoms with van der Waals surface area (Å²) in [5.74, 6) is 0.811. The molecule has 0 saturated heterocycles. The van der Waals surface area contributed by atoms with Crippen molar-refractivity contribution >= 4 is 27.6 Å². The average Bonchev–Trinajstić information content (AvgIpc) is 3.52.